The number of carboxylic acids is 1. The van der Waals surface area contributed by atoms with E-state index >= 15 is 0 Å². The number of carbonyl (C=O) groups is 1. The van der Waals surface area contributed by atoms with E-state index in [4.69, 9.17) is 10.2 Å². The molecule has 0 aliphatic carbocycles. The summed E-state index contributed by atoms with van der Waals surface area (Å²) in [5, 5.41) is 17.4. The highest BCUT2D eigenvalue weighted by atomic mass is 127. The van der Waals surface area contributed by atoms with Crippen LogP contribution < -0.4 is 0 Å². The lowest BCUT2D eigenvalue weighted by atomic mass is 10.1. The van der Waals surface area contributed by atoms with E-state index < -0.39 is 12.1 Å². The summed E-state index contributed by atoms with van der Waals surface area (Å²) >= 11 is 2.05. The zero-order chi connectivity index (χ0) is 8.15. The highest BCUT2D eigenvalue weighted by Crippen LogP contribution is 2.12. The molecule has 0 aromatic rings. The Kier molecular flexibility index (Phi) is 4.98. The van der Waals surface area contributed by atoms with Gasteiger partial charge in [-0.05, 0) is 6.42 Å². The van der Waals surface area contributed by atoms with Crippen LogP contribution in [0.3, 0.4) is 0 Å². The minimum Gasteiger partial charge on any atom is -0.481 e. The molecule has 0 heterocycles. The van der Waals surface area contributed by atoms with Crippen LogP contribution in [0.4, 0.5) is 0 Å². The van der Waals surface area contributed by atoms with Crippen molar-refractivity contribution in [2.24, 2.45) is 0 Å². The van der Waals surface area contributed by atoms with Gasteiger partial charge >= 0.3 is 5.97 Å². The molecule has 0 bridgehead atoms. The van der Waals surface area contributed by atoms with E-state index in [9.17, 15) is 4.79 Å². The van der Waals surface area contributed by atoms with Crippen molar-refractivity contribution in [2.75, 3.05) is 0 Å². The zero-order valence-corrected chi connectivity index (χ0v) is 7.91. The SMILES string of the molecule is CCC(I)C(O)CC(=O)O. The Bertz CT molecular complexity index is 116. The first-order valence-corrected chi connectivity index (χ1v) is 4.36. The number of halogens is 1. The Morgan fingerprint density at radius 1 is 1.70 bits per heavy atom. The van der Waals surface area contributed by atoms with Crippen LogP contribution >= 0.6 is 22.6 Å². The third-order valence-corrected chi connectivity index (χ3v) is 2.90. The minimum atomic E-state index is -0.942. The average Bonchev–Trinajstić information content (AvgIpc) is 1.85. The first-order chi connectivity index (χ1) is 4.57. The molecule has 0 fully saturated rings. The Hall–Kier alpha value is 0.160. The van der Waals surface area contributed by atoms with E-state index in [2.05, 4.69) is 22.6 Å². The van der Waals surface area contributed by atoms with Crippen molar-refractivity contribution in [3.63, 3.8) is 0 Å². The molecule has 0 aromatic carbocycles. The van der Waals surface area contributed by atoms with Crippen molar-refractivity contribution in [2.45, 2.75) is 29.8 Å². The van der Waals surface area contributed by atoms with Gasteiger partial charge in [-0.25, -0.2) is 0 Å². The molecule has 3 nitrogen and oxygen atoms in total. The van der Waals surface area contributed by atoms with E-state index in [0.717, 1.165) is 6.42 Å². The molecule has 0 rings (SSSR count). The van der Waals surface area contributed by atoms with Crippen molar-refractivity contribution < 1.29 is 15.0 Å². The van der Waals surface area contributed by atoms with E-state index in [1.54, 1.807) is 0 Å². The van der Waals surface area contributed by atoms with Gasteiger partial charge in [-0.2, -0.15) is 0 Å². The maximum atomic E-state index is 10.1. The number of aliphatic hydroxyl groups excluding tert-OH is 1. The van der Waals surface area contributed by atoms with Gasteiger partial charge < -0.3 is 10.2 Å². The van der Waals surface area contributed by atoms with Crippen LogP contribution in [0.1, 0.15) is 19.8 Å². The molecular weight excluding hydrogens is 247 g/mol. The fourth-order valence-corrected chi connectivity index (χ4v) is 0.833. The first kappa shape index (κ1) is 10.2. The molecule has 0 aliphatic heterocycles. The number of alkyl halides is 1. The smallest absolute Gasteiger partial charge is 0.306 e. The molecule has 0 amide bonds. The van der Waals surface area contributed by atoms with Crippen LogP contribution in [-0.4, -0.2) is 26.2 Å². The number of hydrogen-bond acceptors (Lipinski definition) is 2. The minimum absolute atomic E-state index is 0.0497. The van der Waals surface area contributed by atoms with E-state index in [1.165, 1.54) is 0 Å². The lowest BCUT2D eigenvalue weighted by molar-refractivity contribution is -0.139. The van der Waals surface area contributed by atoms with Gasteiger partial charge in [0.1, 0.15) is 0 Å². The van der Waals surface area contributed by atoms with Crippen LogP contribution in [0.2, 0.25) is 0 Å². The predicted octanol–water partition coefficient (Wildman–Crippen LogP) is 1.04. The lowest BCUT2D eigenvalue weighted by Gasteiger charge is -2.12. The molecule has 0 aromatic heterocycles. The molecule has 0 saturated carbocycles. The summed E-state index contributed by atoms with van der Waals surface area (Å²) in [5.74, 6) is -0.942. The molecule has 2 atom stereocenters. The largest absolute Gasteiger partial charge is 0.481 e. The fraction of sp³-hybridized carbons (Fsp3) is 0.833. The quantitative estimate of drug-likeness (QED) is 0.585. The summed E-state index contributed by atoms with van der Waals surface area (Å²) in [7, 11) is 0. The van der Waals surface area contributed by atoms with Gasteiger partial charge in [0.15, 0.2) is 0 Å². The van der Waals surface area contributed by atoms with Gasteiger partial charge in [-0.15, -0.1) is 0 Å². The Morgan fingerprint density at radius 3 is 2.50 bits per heavy atom. The number of aliphatic carboxylic acids is 1. The normalized spacial score (nSPS) is 16.3. The van der Waals surface area contributed by atoms with Gasteiger partial charge in [-0.3, -0.25) is 4.79 Å². The molecular formula is C6H11IO3. The summed E-state index contributed by atoms with van der Waals surface area (Å²) in [6.45, 7) is 1.92. The fourth-order valence-electron chi connectivity index (χ4n) is 0.579. The highest BCUT2D eigenvalue weighted by molar-refractivity contribution is 14.1. The third-order valence-electron chi connectivity index (χ3n) is 1.19. The summed E-state index contributed by atoms with van der Waals surface area (Å²) < 4.78 is 0.0497. The van der Waals surface area contributed by atoms with Gasteiger partial charge in [-0.1, -0.05) is 29.5 Å². The van der Waals surface area contributed by atoms with Crippen LogP contribution in [-0.2, 0) is 4.79 Å². The lowest BCUT2D eigenvalue weighted by Crippen LogP contribution is -2.22. The predicted molar refractivity (Wildman–Crippen MR) is 46.4 cm³/mol. The third kappa shape index (κ3) is 4.05. The molecule has 2 unspecified atom stereocenters. The highest BCUT2D eigenvalue weighted by Gasteiger charge is 2.16. The summed E-state index contributed by atoms with van der Waals surface area (Å²) in [6.07, 6.45) is -0.0562. The van der Waals surface area contributed by atoms with E-state index in [0.29, 0.717) is 0 Å². The molecule has 2 N–H and O–H groups in total. The van der Waals surface area contributed by atoms with Crippen molar-refractivity contribution in [1.29, 1.82) is 0 Å². The van der Waals surface area contributed by atoms with Crippen LogP contribution in [0.25, 0.3) is 0 Å². The first-order valence-electron chi connectivity index (χ1n) is 3.11. The summed E-state index contributed by atoms with van der Waals surface area (Å²) in [5.41, 5.74) is 0. The molecule has 0 saturated heterocycles. The van der Waals surface area contributed by atoms with Crippen LogP contribution in [0.5, 0.6) is 0 Å². The monoisotopic (exact) mass is 258 g/mol. The van der Waals surface area contributed by atoms with Gasteiger partial charge in [0, 0.05) is 3.92 Å². The number of carboxylic acid groups (broad SMARTS) is 1. The molecule has 10 heavy (non-hydrogen) atoms. The van der Waals surface area contributed by atoms with Gasteiger partial charge in [0.25, 0.3) is 0 Å². The average molecular weight is 258 g/mol. The van der Waals surface area contributed by atoms with Crippen molar-refractivity contribution in [3.05, 3.63) is 0 Å². The topological polar surface area (TPSA) is 57.5 Å². The molecule has 4 heteroatoms. The Morgan fingerprint density at radius 2 is 2.20 bits per heavy atom. The number of hydrogen-bond donors (Lipinski definition) is 2. The van der Waals surface area contributed by atoms with Crippen molar-refractivity contribution in [3.8, 4) is 0 Å². The maximum absolute atomic E-state index is 10.1. The molecule has 0 aliphatic rings. The standard InChI is InChI=1S/C6H11IO3/c1-2-4(7)5(8)3-6(9)10/h4-5,8H,2-3H2,1H3,(H,9,10). The number of rotatable bonds is 4. The number of aliphatic hydroxyl groups is 1. The zero-order valence-electron chi connectivity index (χ0n) is 5.75. The Labute approximate surface area is 73.6 Å². The van der Waals surface area contributed by atoms with Crippen LogP contribution in [0.15, 0.2) is 0 Å². The second-order valence-electron chi connectivity index (χ2n) is 2.09. The second-order valence-corrected chi connectivity index (χ2v) is 3.69. The maximum Gasteiger partial charge on any atom is 0.306 e. The molecule has 60 valence electrons. The summed E-state index contributed by atoms with van der Waals surface area (Å²) in [6, 6.07) is 0. The molecule has 0 spiro atoms. The Balaban J connectivity index is 3.61. The van der Waals surface area contributed by atoms with Gasteiger partial charge in [0.05, 0.1) is 12.5 Å². The molecule has 0 radical (unpaired) electrons. The van der Waals surface area contributed by atoms with E-state index in [1.807, 2.05) is 6.92 Å². The van der Waals surface area contributed by atoms with Crippen molar-refractivity contribution >= 4 is 28.6 Å². The van der Waals surface area contributed by atoms with E-state index in [-0.39, 0.29) is 10.3 Å². The second kappa shape index (κ2) is 4.90. The van der Waals surface area contributed by atoms with Crippen LogP contribution in [0, 0.1) is 0 Å². The van der Waals surface area contributed by atoms with Gasteiger partial charge in [0.2, 0.25) is 0 Å². The summed E-state index contributed by atoms with van der Waals surface area (Å²) in [4.78, 5) is 10.1. The van der Waals surface area contributed by atoms with Crippen molar-refractivity contribution in [1.82, 2.24) is 0 Å².